The van der Waals surface area contributed by atoms with Crippen molar-refractivity contribution < 1.29 is 14.0 Å². The van der Waals surface area contributed by atoms with Crippen molar-refractivity contribution in [3.63, 3.8) is 0 Å². The fraction of sp³-hybridized carbons (Fsp3) is 0.263. The van der Waals surface area contributed by atoms with Crippen molar-refractivity contribution in [2.24, 2.45) is 0 Å². The number of benzene rings is 2. The van der Waals surface area contributed by atoms with Crippen LogP contribution in [0.4, 0.5) is 4.39 Å². The van der Waals surface area contributed by atoms with Gasteiger partial charge < -0.3 is 10.2 Å². The van der Waals surface area contributed by atoms with Crippen LogP contribution in [-0.2, 0) is 17.8 Å². The van der Waals surface area contributed by atoms with Gasteiger partial charge >= 0.3 is 0 Å². The maximum atomic E-state index is 13.7. The Morgan fingerprint density at radius 1 is 1.08 bits per heavy atom. The summed E-state index contributed by atoms with van der Waals surface area (Å²) in [6.45, 7) is 2.78. The third kappa shape index (κ3) is 3.30. The van der Waals surface area contributed by atoms with Gasteiger partial charge in [-0.3, -0.25) is 9.59 Å². The maximum Gasteiger partial charge on any atom is 0.254 e. The molecule has 24 heavy (non-hydrogen) atoms. The van der Waals surface area contributed by atoms with Gasteiger partial charge in [0.25, 0.3) is 5.91 Å². The molecule has 1 heterocycles. The Kier molecular flexibility index (Phi) is 4.60. The lowest BCUT2D eigenvalue weighted by Crippen LogP contribution is -2.48. The molecule has 0 saturated carbocycles. The maximum absolute atomic E-state index is 13.7. The van der Waals surface area contributed by atoms with E-state index in [0.29, 0.717) is 13.1 Å². The van der Waals surface area contributed by atoms with Gasteiger partial charge in [0, 0.05) is 13.1 Å². The number of carbonyl (C=O) groups is 2. The van der Waals surface area contributed by atoms with E-state index in [1.54, 1.807) is 17.9 Å². The molecule has 4 nitrogen and oxygen atoms in total. The number of amides is 2. The van der Waals surface area contributed by atoms with Crippen molar-refractivity contribution in [1.82, 2.24) is 10.2 Å². The van der Waals surface area contributed by atoms with Gasteiger partial charge in [-0.05, 0) is 36.6 Å². The van der Waals surface area contributed by atoms with Crippen molar-refractivity contribution in [2.45, 2.75) is 25.9 Å². The van der Waals surface area contributed by atoms with Gasteiger partial charge in [0.05, 0.1) is 5.56 Å². The number of hydrogen-bond acceptors (Lipinski definition) is 2. The quantitative estimate of drug-likeness (QED) is 0.942. The first-order valence-corrected chi connectivity index (χ1v) is 7.97. The second kappa shape index (κ2) is 6.83. The molecule has 0 saturated heterocycles. The van der Waals surface area contributed by atoms with Crippen LogP contribution in [-0.4, -0.2) is 29.3 Å². The lowest BCUT2D eigenvalue weighted by Gasteiger charge is -2.31. The van der Waals surface area contributed by atoms with Crippen LogP contribution in [0.2, 0.25) is 0 Å². The summed E-state index contributed by atoms with van der Waals surface area (Å²) in [6, 6.07) is 13.1. The summed E-state index contributed by atoms with van der Waals surface area (Å²) in [5, 5.41) is 2.59. The van der Waals surface area contributed by atoms with E-state index >= 15 is 0 Å². The molecule has 0 aromatic heterocycles. The van der Waals surface area contributed by atoms with Crippen LogP contribution >= 0.6 is 0 Å². The van der Waals surface area contributed by atoms with E-state index in [9.17, 15) is 14.0 Å². The number of nitrogens with zero attached hydrogens (tertiary/aromatic N) is 1. The molecule has 0 unspecified atom stereocenters. The number of halogens is 1. The average molecular weight is 326 g/mol. The van der Waals surface area contributed by atoms with E-state index in [2.05, 4.69) is 11.4 Å². The SMILES string of the molecule is C[C@H](NC(=O)c1ccccc1F)C(=O)N1CCc2ccccc2C1. The van der Waals surface area contributed by atoms with E-state index in [1.165, 1.54) is 23.8 Å². The summed E-state index contributed by atoms with van der Waals surface area (Å²) in [5.74, 6) is -1.33. The summed E-state index contributed by atoms with van der Waals surface area (Å²) in [7, 11) is 0. The number of fused-ring (bicyclic) bond motifs is 1. The van der Waals surface area contributed by atoms with Crippen LogP contribution in [0.3, 0.4) is 0 Å². The van der Waals surface area contributed by atoms with Gasteiger partial charge in [-0.1, -0.05) is 36.4 Å². The van der Waals surface area contributed by atoms with Crippen molar-refractivity contribution in [1.29, 1.82) is 0 Å². The molecule has 1 aliphatic rings. The van der Waals surface area contributed by atoms with E-state index in [-0.39, 0.29) is 11.5 Å². The number of hydrogen-bond donors (Lipinski definition) is 1. The Balaban J connectivity index is 1.65. The van der Waals surface area contributed by atoms with Gasteiger partial charge in [-0.15, -0.1) is 0 Å². The summed E-state index contributed by atoms with van der Waals surface area (Å²) >= 11 is 0. The largest absolute Gasteiger partial charge is 0.340 e. The lowest BCUT2D eigenvalue weighted by atomic mass is 9.99. The predicted octanol–water partition coefficient (Wildman–Crippen LogP) is 2.53. The standard InChI is InChI=1S/C19H19FN2O2/c1-13(21-18(23)16-8-4-5-9-17(16)20)19(24)22-11-10-14-6-2-3-7-15(14)12-22/h2-9,13H,10-12H2,1H3,(H,21,23)/t13-/m0/s1. The molecule has 1 aliphatic heterocycles. The fourth-order valence-corrected chi connectivity index (χ4v) is 2.94. The van der Waals surface area contributed by atoms with E-state index in [0.717, 1.165) is 12.0 Å². The molecule has 0 bridgehead atoms. The topological polar surface area (TPSA) is 49.4 Å². The predicted molar refractivity (Wildman–Crippen MR) is 88.9 cm³/mol. The van der Waals surface area contributed by atoms with Crippen molar-refractivity contribution in [2.75, 3.05) is 6.54 Å². The summed E-state index contributed by atoms with van der Waals surface area (Å²) in [5.41, 5.74) is 2.33. The van der Waals surface area contributed by atoms with E-state index in [4.69, 9.17) is 0 Å². The van der Waals surface area contributed by atoms with Gasteiger partial charge in [0.1, 0.15) is 11.9 Å². The average Bonchev–Trinajstić information content (AvgIpc) is 2.60. The van der Waals surface area contributed by atoms with Crippen LogP contribution in [0.5, 0.6) is 0 Å². The Bertz CT molecular complexity index is 775. The van der Waals surface area contributed by atoms with Crippen LogP contribution in [0.15, 0.2) is 48.5 Å². The Morgan fingerprint density at radius 2 is 1.75 bits per heavy atom. The molecule has 0 spiro atoms. The molecule has 1 N–H and O–H groups in total. The number of carbonyl (C=O) groups excluding carboxylic acids is 2. The highest BCUT2D eigenvalue weighted by atomic mass is 19.1. The Hall–Kier alpha value is -2.69. The van der Waals surface area contributed by atoms with Crippen molar-refractivity contribution in [3.05, 3.63) is 71.0 Å². The Morgan fingerprint density at radius 3 is 2.50 bits per heavy atom. The van der Waals surface area contributed by atoms with Crippen LogP contribution in [0, 0.1) is 5.82 Å². The molecule has 124 valence electrons. The normalized spacial score (nSPS) is 14.7. The summed E-state index contributed by atoms with van der Waals surface area (Å²) in [4.78, 5) is 26.4. The zero-order valence-electron chi connectivity index (χ0n) is 13.5. The molecule has 0 radical (unpaired) electrons. The molecular formula is C19H19FN2O2. The number of rotatable bonds is 3. The monoisotopic (exact) mass is 326 g/mol. The summed E-state index contributed by atoms with van der Waals surface area (Å²) in [6.07, 6.45) is 0.801. The first kappa shape index (κ1) is 16.2. The summed E-state index contributed by atoms with van der Waals surface area (Å²) < 4.78 is 13.7. The van der Waals surface area contributed by atoms with Crippen molar-refractivity contribution in [3.8, 4) is 0 Å². The molecule has 0 fully saturated rings. The first-order chi connectivity index (χ1) is 11.6. The number of nitrogens with one attached hydrogen (secondary N) is 1. The molecule has 0 aliphatic carbocycles. The molecular weight excluding hydrogens is 307 g/mol. The van der Waals surface area contributed by atoms with Crippen LogP contribution in [0.1, 0.15) is 28.4 Å². The molecule has 2 aromatic carbocycles. The second-order valence-electron chi connectivity index (χ2n) is 5.95. The van der Waals surface area contributed by atoms with Gasteiger partial charge in [0.15, 0.2) is 0 Å². The molecule has 2 aromatic rings. The second-order valence-corrected chi connectivity index (χ2v) is 5.95. The highest BCUT2D eigenvalue weighted by Crippen LogP contribution is 2.19. The minimum absolute atomic E-state index is 0.0545. The highest BCUT2D eigenvalue weighted by Gasteiger charge is 2.26. The zero-order valence-corrected chi connectivity index (χ0v) is 13.5. The van der Waals surface area contributed by atoms with Gasteiger partial charge in [0.2, 0.25) is 5.91 Å². The highest BCUT2D eigenvalue weighted by molar-refractivity contribution is 5.97. The first-order valence-electron chi connectivity index (χ1n) is 7.97. The fourth-order valence-electron chi connectivity index (χ4n) is 2.94. The van der Waals surface area contributed by atoms with Crippen LogP contribution < -0.4 is 5.32 Å². The zero-order chi connectivity index (χ0) is 17.1. The third-order valence-corrected chi connectivity index (χ3v) is 4.28. The van der Waals surface area contributed by atoms with Crippen molar-refractivity contribution >= 4 is 11.8 Å². The van der Waals surface area contributed by atoms with E-state index < -0.39 is 17.8 Å². The molecule has 2 amide bonds. The molecule has 5 heteroatoms. The third-order valence-electron chi connectivity index (χ3n) is 4.28. The molecule has 1 atom stereocenters. The minimum atomic E-state index is -0.706. The van der Waals surface area contributed by atoms with Gasteiger partial charge in [-0.25, -0.2) is 4.39 Å². The molecule has 3 rings (SSSR count). The Labute approximate surface area is 140 Å². The minimum Gasteiger partial charge on any atom is -0.340 e. The van der Waals surface area contributed by atoms with E-state index in [1.807, 2.05) is 18.2 Å². The van der Waals surface area contributed by atoms with Gasteiger partial charge in [-0.2, -0.15) is 0 Å². The smallest absolute Gasteiger partial charge is 0.254 e. The van der Waals surface area contributed by atoms with Crippen LogP contribution in [0.25, 0.3) is 0 Å². The lowest BCUT2D eigenvalue weighted by molar-refractivity contribution is -0.133.